The second-order valence-electron chi connectivity index (χ2n) is 7.41. The van der Waals surface area contributed by atoms with Crippen LogP contribution in [0.15, 0.2) is 54.6 Å². The molecule has 0 spiro atoms. The highest BCUT2D eigenvalue weighted by Crippen LogP contribution is 2.34. The highest BCUT2D eigenvalue weighted by atomic mass is 32.1. The van der Waals surface area contributed by atoms with Crippen molar-refractivity contribution in [2.24, 2.45) is 5.73 Å². The van der Waals surface area contributed by atoms with E-state index in [0.717, 1.165) is 21.6 Å². The van der Waals surface area contributed by atoms with Crippen LogP contribution in [0.4, 0.5) is 5.00 Å². The molecule has 2 aromatic carbocycles. The number of nitrogens with one attached hydrogen (secondary N) is 1. The molecule has 0 aliphatic rings. The Balaban J connectivity index is 1.75. The number of rotatable bonds is 8. The minimum Gasteiger partial charge on any atom is -0.483 e. The number of benzene rings is 2. The number of carbonyl (C=O) groups excluding carboxylic acids is 2. The van der Waals surface area contributed by atoms with E-state index >= 15 is 0 Å². The van der Waals surface area contributed by atoms with Crippen LogP contribution in [-0.2, 0) is 11.2 Å². The average Bonchev–Trinajstić information content (AvgIpc) is 3.02. The van der Waals surface area contributed by atoms with Crippen LogP contribution in [0.25, 0.3) is 0 Å². The minimum absolute atomic E-state index is 0.146. The van der Waals surface area contributed by atoms with Gasteiger partial charge in [0, 0.05) is 11.3 Å². The van der Waals surface area contributed by atoms with Crippen molar-refractivity contribution in [1.29, 1.82) is 0 Å². The maximum atomic E-state index is 12.5. The first-order valence-electron chi connectivity index (χ1n) is 9.84. The largest absolute Gasteiger partial charge is 0.483 e. The molecule has 2 amide bonds. The Hall–Kier alpha value is -3.12. The zero-order valence-corrected chi connectivity index (χ0v) is 18.2. The third kappa shape index (κ3) is 5.07. The van der Waals surface area contributed by atoms with Gasteiger partial charge in [0.1, 0.15) is 10.8 Å². The Labute approximate surface area is 180 Å². The molecule has 3 rings (SSSR count). The third-order valence-electron chi connectivity index (χ3n) is 4.85. The first-order valence-corrected chi connectivity index (χ1v) is 10.7. The molecule has 1 heterocycles. The van der Waals surface area contributed by atoms with E-state index in [9.17, 15) is 9.59 Å². The molecule has 0 saturated heterocycles. The van der Waals surface area contributed by atoms with Crippen LogP contribution < -0.4 is 15.8 Å². The highest BCUT2D eigenvalue weighted by molar-refractivity contribution is 7.17. The fraction of sp³-hybridized carbons (Fsp3) is 0.250. The van der Waals surface area contributed by atoms with Crippen LogP contribution in [0.5, 0.6) is 5.75 Å². The standard InChI is InChI=1S/C24H26N2O3S/c1-15(2)18-11-7-8-12-19(18)29-14-21(27)26-24-22(23(25)28)16(3)20(30-24)13-17-9-5-4-6-10-17/h4-12,15H,13-14H2,1-3H3,(H2,25,28)(H,26,27). The van der Waals surface area contributed by atoms with Gasteiger partial charge in [-0.1, -0.05) is 62.4 Å². The summed E-state index contributed by atoms with van der Waals surface area (Å²) in [4.78, 5) is 25.6. The van der Waals surface area contributed by atoms with E-state index < -0.39 is 5.91 Å². The van der Waals surface area contributed by atoms with E-state index in [1.54, 1.807) is 0 Å². The quantitative estimate of drug-likeness (QED) is 0.542. The summed E-state index contributed by atoms with van der Waals surface area (Å²) in [6.07, 6.45) is 0.672. The molecule has 0 fully saturated rings. The van der Waals surface area contributed by atoms with Crippen molar-refractivity contribution in [1.82, 2.24) is 0 Å². The lowest BCUT2D eigenvalue weighted by molar-refractivity contribution is -0.118. The smallest absolute Gasteiger partial charge is 0.262 e. The number of thiophene rings is 1. The Bertz CT molecular complexity index is 1040. The van der Waals surface area contributed by atoms with E-state index in [1.165, 1.54) is 11.3 Å². The molecule has 1 aromatic heterocycles. The van der Waals surface area contributed by atoms with E-state index in [2.05, 4.69) is 19.2 Å². The number of hydrogen-bond donors (Lipinski definition) is 2. The molecule has 0 unspecified atom stereocenters. The molecule has 6 heteroatoms. The normalized spacial score (nSPS) is 10.8. The van der Waals surface area contributed by atoms with Crippen molar-refractivity contribution in [3.63, 3.8) is 0 Å². The number of ether oxygens (including phenoxy) is 1. The molecular weight excluding hydrogens is 396 g/mol. The van der Waals surface area contributed by atoms with E-state index in [4.69, 9.17) is 10.5 Å². The van der Waals surface area contributed by atoms with Crippen LogP contribution in [0.3, 0.4) is 0 Å². The number of para-hydroxylation sites is 1. The van der Waals surface area contributed by atoms with E-state index in [0.29, 0.717) is 22.7 Å². The van der Waals surface area contributed by atoms with E-state index in [1.807, 2.05) is 61.5 Å². The van der Waals surface area contributed by atoms with Gasteiger partial charge in [-0.2, -0.15) is 0 Å². The summed E-state index contributed by atoms with van der Waals surface area (Å²) >= 11 is 1.38. The fourth-order valence-corrected chi connectivity index (χ4v) is 4.55. The molecule has 0 bridgehead atoms. The van der Waals surface area contributed by atoms with Gasteiger partial charge in [-0.25, -0.2) is 0 Å². The molecule has 0 atom stereocenters. The summed E-state index contributed by atoms with van der Waals surface area (Å²) < 4.78 is 5.74. The van der Waals surface area contributed by atoms with Crippen LogP contribution in [0.2, 0.25) is 0 Å². The monoisotopic (exact) mass is 422 g/mol. The Morgan fingerprint density at radius 1 is 1.07 bits per heavy atom. The summed E-state index contributed by atoms with van der Waals surface area (Å²) in [5, 5.41) is 3.28. The molecule has 3 aromatic rings. The summed E-state index contributed by atoms with van der Waals surface area (Å²) in [6.45, 7) is 5.86. The van der Waals surface area contributed by atoms with Gasteiger partial charge < -0.3 is 15.8 Å². The lowest BCUT2D eigenvalue weighted by Crippen LogP contribution is -2.22. The predicted molar refractivity (Wildman–Crippen MR) is 121 cm³/mol. The SMILES string of the molecule is Cc1c(Cc2ccccc2)sc(NC(=O)COc2ccccc2C(C)C)c1C(N)=O. The minimum atomic E-state index is -0.551. The molecule has 0 radical (unpaired) electrons. The molecule has 0 aliphatic heterocycles. The van der Waals surface area contributed by atoms with Crippen LogP contribution in [-0.4, -0.2) is 18.4 Å². The van der Waals surface area contributed by atoms with E-state index in [-0.39, 0.29) is 18.4 Å². The molecule has 0 saturated carbocycles. The number of primary amides is 1. The Morgan fingerprint density at radius 2 is 1.73 bits per heavy atom. The topological polar surface area (TPSA) is 81.4 Å². The van der Waals surface area contributed by atoms with Gasteiger partial charge in [0.15, 0.2) is 6.61 Å². The Kier molecular flexibility index (Phi) is 6.90. The molecular formula is C24H26N2O3S. The molecule has 0 aliphatic carbocycles. The van der Waals surface area contributed by atoms with Crippen LogP contribution in [0.1, 0.15) is 51.7 Å². The summed E-state index contributed by atoms with van der Waals surface area (Å²) in [7, 11) is 0. The fourth-order valence-electron chi connectivity index (χ4n) is 3.29. The van der Waals surface area contributed by atoms with Crippen LogP contribution >= 0.6 is 11.3 Å². The average molecular weight is 423 g/mol. The maximum absolute atomic E-state index is 12.5. The predicted octanol–water partition coefficient (Wildman–Crippen LogP) is 4.89. The highest BCUT2D eigenvalue weighted by Gasteiger charge is 2.21. The van der Waals surface area contributed by atoms with Crippen molar-refractivity contribution in [2.45, 2.75) is 33.1 Å². The van der Waals surface area contributed by atoms with Gasteiger partial charge in [-0.05, 0) is 35.6 Å². The lowest BCUT2D eigenvalue weighted by atomic mass is 10.0. The van der Waals surface area contributed by atoms with Gasteiger partial charge in [-0.15, -0.1) is 11.3 Å². The van der Waals surface area contributed by atoms with Crippen LogP contribution in [0, 0.1) is 6.92 Å². The lowest BCUT2D eigenvalue weighted by Gasteiger charge is -2.13. The van der Waals surface area contributed by atoms with Crippen molar-refractivity contribution < 1.29 is 14.3 Å². The first kappa shape index (κ1) is 21.6. The van der Waals surface area contributed by atoms with Gasteiger partial charge >= 0.3 is 0 Å². The molecule has 30 heavy (non-hydrogen) atoms. The Morgan fingerprint density at radius 3 is 2.40 bits per heavy atom. The molecule has 3 N–H and O–H groups in total. The zero-order chi connectivity index (χ0) is 21.7. The zero-order valence-electron chi connectivity index (χ0n) is 17.4. The summed E-state index contributed by atoms with van der Waals surface area (Å²) in [5.41, 5.74) is 8.94. The van der Waals surface area contributed by atoms with Crippen molar-refractivity contribution in [3.05, 3.63) is 81.7 Å². The maximum Gasteiger partial charge on any atom is 0.262 e. The third-order valence-corrected chi connectivity index (χ3v) is 6.06. The number of anilines is 1. The number of amides is 2. The first-order chi connectivity index (χ1) is 14.4. The van der Waals surface area contributed by atoms with Crippen molar-refractivity contribution in [3.8, 4) is 5.75 Å². The van der Waals surface area contributed by atoms with Gasteiger partial charge in [0.2, 0.25) is 0 Å². The molecule has 5 nitrogen and oxygen atoms in total. The molecule has 156 valence electrons. The van der Waals surface area contributed by atoms with Gasteiger partial charge in [0.05, 0.1) is 5.56 Å². The van der Waals surface area contributed by atoms with Crippen molar-refractivity contribution in [2.75, 3.05) is 11.9 Å². The summed E-state index contributed by atoms with van der Waals surface area (Å²) in [5.74, 6) is 0.0871. The second-order valence-corrected chi connectivity index (χ2v) is 8.52. The van der Waals surface area contributed by atoms with Gasteiger partial charge in [0.25, 0.3) is 11.8 Å². The number of carbonyl (C=O) groups is 2. The summed E-state index contributed by atoms with van der Waals surface area (Å²) in [6, 6.07) is 17.6. The number of hydrogen-bond acceptors (Lipinski definition) is 4. The van der Waals surface area contributed by atoms with Crippen molar-refractivity contribution >= 4 is 28.2 Å². The van der Waals surface area contributed by atoms with Gasteiger partial charge in [-0.3, -0.25) is 9.59 Å². The second kappa shape index (κ2) is 9.59. The number of nitrogens with two attached hydrogens (primary N) is 1.